The summed E-state index contributed by atoms with van der Waals surface area (Å²) in [6, 6.07) is 14.7. The zero-order chi connectivity index (χ0) is 18.7. The molecule has 0 N–H and O–H groups in total. The van der Waals surface area contributed by atoms with Gasteiger partial charge in [-0.2, -0.15) is 0 Å². The van der Waals surface area contributed by atoms with Gasteiger partial charge in [-0.15, -0.1) is 10.2 Å². The van der Waals surface area contributed by atoms with Gasteiger partial charge in [0, 0.05) is 11.8 Å². The number of aromatic nitrogens is 2. The number of carbonyl (C=O) groups excluding carboxylic acids is 1. The number of rotatable bonds is 5. The average Bonchev–Trinajstić information content (AvgIpc) is 3.12. The Balaban J connectivity index is 1.71. The van der Waals surface area contributed by atoms with E-state index in [1.54, 1.807) is 6.92 Å². The number of hydrogen-bond donors (Lipinski definition) is 0. The van der Waals surface area contributed by atoms with Crippen molar-refractivity contribution in [2.75, 3.05) is 6.26 Å². The van der Waals surface area contributed by atoms with Gasteiger partial charge in [-0.05, 0) is 43.3 Å². The van der Waals surface area contributed by atoms with Crippen molar-refractivity contribution in [3.63, 3.8) is 0 Å². The number of nitrogens with zero attached hydrogens (tertiary/aromatic N) is 2. The van der Waals surface area contributed by atoms with Gasteiger partial charge >= 0.3 is 5.97 Å². The Morgan fingerprint density at radius 3 is 2.31 bits per heavy atom. The predicted octanol–water partition coefficient (Wildman–Crippen LogP) is 3.06. The van der Waals surface area contributed by atoms with Crippen molar-refractivity contribution in [3.8, 4) is 11.5 Å². The van der Waals surface area contributed by atoms with E-state index in [1.807, 2.05) is 30.3 Å². The lowest BCUT2D eigenvalue weighted by atomic mass is 10.2. The third-order valence-corrected chi connectivity index (χ3v) is 4.74. The van der Waals surface area contributed by atoms with E-state index in [0.29, 0.717) is 5.89 Å². The maximum absolute atomic E-state index is 12.2. The molecule has 0 fully saturated rings. The summed E-state index contributed by atoms with van der Waals surface area (Å²) in [4.78, 5) is 12.3. The molecule has 0 saturated carbocycles. The lowest BCUT2D eigenvalue weighted by molar-refractivity contribution is 0.0280. The normalized spacial score (nSPS) is 12.5. The third kappa shape index (κ3) is 3.97. The molecule has 1 heterocycles. The molecule has 3 aromatic rings. The largest absolute Gasteiger partial charge is 0.449 e. The first-order valence-corrected chi connectivity index (χ1v) is 9.63. The first kappa shape index (κ1) is 17.8. The second-order valence-corrected chi connectivity index (χ2v) is 7.67. The van der Waals surface area contributed by atoms with E-state index in [9.17, 15) is 13.2 Å². The number of sulfone groups is 1. The van der Waals surface area contributed by atoms with Gasteiger partial charge in [0.2, 0.25) is 5.89 Å². The van der Waals surface area contributed by atoms with Crippen LogP contribution in [0.4, 0.5) is 0 Å². The Labute approximate surface area is 150 Å². The summed E-state index contributed by atoms with van der Waals surface area (Å²) in [5, 5.41) is 7.86. The van der Waals surface area contributed by atoms with Gasteiger partial charge in [0.1, 0.15) is 0 Å². The first-order valence-electron chi connectivity index (χ1n) is 7.74. The molecule has 3 rings (SSSR count). The molecular formula is C18H16N2O5S. The van der Waals surface area contributed by atoms with Gasteiger partial charge in [0.25, 0.3) is 5.89 Å². The number of hydrogen-bond acceptors (Lipinski definition) is 7. The Morgan fingerprint density at radius 1 is 1.04 bits per heavy atom. The van der Waals surface area contributed by atoms with Crippen LogP contribution in [0.3, 0.4) is 0 Å². The number of esters is 1. The fourth-order valence-electron chi connectivity index (χ4n) is 2.21. The van der Waals surface area contributed by atoms with Crippen LogP contribution in [0.25, 0.3) is 11.5 Å². The standard InChI is InChI=1S/C18H16N2O5S/c1-12(16-19-20-17(25-16)13-6-4-3-5-7-13)24-18(21)14-8-10-15(11-9-14)26(2,22)23/h3-12H,1-2H3/t12-/m1/s1. The fourth-order valence-corrected chi connectivity index (χ4v) is 2.84. The van der Waals surface area contributed by atoms with Gasteiger partial charge < -0.3 is 9.15 Å². The SMILES string of the molecule is C[C@@H](OC(=O)c1ccc(S(C)(=O)=O)cc1)c1nnc(-c2ccccc2)o1. The topological polar surface area (TPSA) is 99.4 Å². The van der Waals surface area contributed by atoms with Crippen LogP contribution >= 0.6 is 0 Å². The summed E-state index contributed by atoms with van der Waals surface area (Å²) >= 11 is 0. The maximum atomic E-state index is 12.2. The molecule has 0 saturated heterocycles. The predicted molar refractivity (Wildman–Crippen MR) is 93.1 cm³/mol. The molecule has 2 aromatic carbocycles. The molecule has 0 aliphatic carbocycles. The molecular weight excluding hydrogens is 356 g/mol. The Morgan fingerprint density at radius 2 is 1.69 bits per heavy atom. The highest BCUT2D eigenvalue weighted by Gasteiger charge is 2.20. The van der Waals surface area contributed by atoms with Gasteiger partial charge in [-0.25, -0.2) is 13.2 Å². The van der Waals surface area contributed by atoms with E-state index in [0.717, 1.165) is 11.8 Å². The lowest BCUT2D eigenvalue weighted by Crippen LogP contribution is -2.10. The molecule has 7 nitrogen and oxygen atoms in total. The average molecular weight is 372 g/mol. The molecule has 0 aliphatic heterocycles. The summed E-state index contributed by atoms with van der Waals surface area (Å²) in [5.74, 6) is -0.108. The smallest absolute Gasteiger partial charge is 0.338 e. The van der Waals surface area contributed by atoms with Crippen molar-refractivity contribution in [1.82, 2.24) is 10.2 Å². The second kappa shape index (κ2) is 7.09. The molecule has 26 heavy (non-hydrogen) atoms. The van der Waals surface area contributed by atoms with Crippen LogP contribution in [0.2, 0.25) is 0 Å². The van der Waals surface area contributed by atoms with Crippen LogP contribution in [-0.2, 0) is 14.6 Å². The molecule has 0 aliphatic rings. The second-order valence-electron chi connectivity index (χ2n) is 5.66. The zero-order valence-corrected chi connectivity index (χ0v) is 14.9. The van der Waals surface area contributed by atoms with Crippen LogP contribution in [0.15, 0.2) is 63.9 Å². The van der Waals surface area contributed by atoms with E-state index >= 15 is 0 Å². The van der Waals surface area contributed by atoms with Crippen molar-refractivity contribution >= 4 is 15.8 Å². The minimum Gasteiger partial charge on any atom is -0.449 e. The van der Waals surface area contributed by atoms with Crippen molar-refractivity contribution in [1.29, 1.82) is 0 Å². The number of benzene rings is 2. The fraction of sp³-hybridized carbons (Fsp3) is 0.167. The summed E-state index contributed by atoms with van der Waals surface area (Å²) in [6.07, 6.45) is 0.351. The molecule has 134 valence electrons. The lowest BCUT2D eigenvalue weighted by Gasteiger charge is -2.09. The maximum Gasteiger partial charge on any atom is 0.338 e. The first-order chi connectivity index (χ1) is 12.3. The Kier molecular flexibility index (Phi) is 4.85. The Bertz CT molecular complexity index is 1010. The molecule has 8 heteroatoms. The molecule has 0 radical (unpaired) electrons. The molecule has 1 aromatic heterocycles. The molecule has 1 atom stereocenters. The molecule has 0 amide bonds. The van der Waals surface area contributed by atoms with E-state index in [2.05, 4.69) is 10.2 Å². The van der Waals surface area contributed by atoms with Gasteiger partial charge in [-0.3, -0.25) is 0 Å². The number of ether oxygens (including phenoxy) is 1. The van der Waals surface area contributed by atoms with Gasteiger partial charge in [-0.1, -0.05) is 18.2 Å². The molecule has 0 unspecified atom stereocenters. The monoisotopic (exact) mass is 372 g/mol. The molecule has 0 bridgehead atoms. The minimum absolute atomic E-state index is 0.131. The Hall–Kier alpha value is -3.00. The van der Waals surface area contributed by atoms with Crippen LogP contribution in [-0.4, -0.2) is 30.8 Å². The number of carbonyl (C=O) groups is 1. The highest BCUT2D eigenvalue weighted by atomic mass is 32.2. The van der Waals surface area contributed by atoms with Crippen molar-refractivity contribution in [3.05, 3.63) is 66.1 Å². The van der Waals surface area contributed by atoms with Gasteiger partial charge in [0.05, 0.1) is 10.5 Å². The van der Waals surface area contributed by atoms with Crippen LogP contribution in [0.5, 0.6) is 0 Å². The van der Waals surface area contributed by atoms with E-state index < -0.39 is 21.9 Å². The van der Waals surface area contributed by atoms with Crippen molar-refractivity contribution in [2.45, 2.75) is 17.9 Å². The zero-order valence-electron chi connectivity index (χ0n) is 14.1. The highest BCUT2D eigenvalue weighted by molar-refractivity contribution is 7.90. The van der Waals surface area contributed by atoms with E-state index in [1.165, 1.54) is 24.3 Å². The van der Waals surface area contributed by atoms with E-state index in [4.69, 9.17) is 9.15 Å². The summed E-state index contributed by atoms with van der Waals surface area (Å²) in [5.41, 5.74) is 0.994. The summed E-state index contributed by atoms with van der Waals surface area (Å²) < 4.78 is 33.8. The summed E-state index contributed by atoms with van der Waals surface area (Å²) in [7, 11) is -3.32. The minimum atomic E-state index is -3.32. The van der Waals surface area contributed by atoms with Crippen molar-refractivity contribution in [2.24, 2.45) is 0 Å². The van der Waals surface area contributed by atoms with Crippen LogP contribution in [0.1, 0.15) is 29.3 Å². The van der Waals surface area contributed by atoms with Crippen LogP contribution < -0.4 is 0 Å². The third-order valence-electron chi connectivity index (χ3n) is 3.61. The van der Waals surface area contributed by atoms with Gasteiger partial charge in [0.15, 0.2) is 15.9 Å². The molecule has 0 spiro atoms. The van der Waals surface area contributed by atoms with E-state index in [-0.39, 0.29) is 16.3 Å². The summed E-state index contributed by atoms with van der Waals surface area (Å²) in [6.45, 7) is 1.62. The van der Waals surface area contributed by atoms with Crippen LogP contribution in [0, 0.1) is 0 Å². The highest BCUT2D eigenvalue weighted by Crippen LogP contribution is 2.23. The van der Waals surface area contributed by atoms with Crippen molar-refractivity contribution < 1.29 is 22.4 Å². The quantitative estimate of drug-likeness (QED) is 0.635.